The summed E-state index contributed by atoms with van der Waals surface area (Å²) < 4.78 is 15.5. The molecule has 0 radical (unpaired) electrons. The number of imidazole rings is 1. The smallest absolute Gasteiger partial charge is 0.125 e. The van der Waals surface area contributed by atoms with Gasteiger partial charge in [0.05, 0.1) is 11.0 Å². The zero-order valence-electron chi connectivity index (χ0n) is 12.5. The van der Waals surface area contributed by atoms with Crippen molar-refractivity contribution < 1.29 is 4.39 Å². The Morgan fingerprint density at radius 2 is 2.15 bits per heavy atom. The summed E-state index contributed by atoms with van der Waals surface area (Å²) in [7, 11) is 6.07. The van der Waals surface area contributed by atoms with Crippen molar-refractivity contribution in [2.24, 2.45) is 0 Å². The largest absolute Gasteiger partial charge is 0.328 e. The van der Waals surface area contributed by atoms with Gasteiger partial charge in [0.15, 0.2) is 0 Å². The topological polar surface area (TPSA) is 33.1 Å². The molecule has 0 saturated heterocycles. The highest BCUT2D eigenvalue weighted by Gasteiger charge is 2.11. The van der Waals surface area contributed by atoms with Gasteiger partial charge in [-0.1, -0.05) is 0 Å². The van der Waals surface area contributed by atoms with Gasteiger partial charge < -0.3 is 14.8 Å². The molecule has 0 amide bonds. The molecule has 0 atom stereocenters. The van der Waals surface area contributed by atoms with E-state index in [0.29, 0.717) is 0 Å². The Labute approximate surface area is 119 Å². The maximum absolute atomic E-state index is 13.3. The van der Waals surface area contributed by atoms with E-state index in [2.05, 4.69) is 33.9 Å². The van der Waals surface area contributed by atoms with E-state index in [-0.39, 0.29) is 5.82 Å². The number of aryl methyl sites for hydroxylation is 1. The van der Waals surface area contributed by atoms with Crippen LogP contribution in [-0.4, -0.2) is 48.7 Å². The summed E-state index contributed by atoms with van der Waals surface area (Å²) >= 11 is 0. The summed E-state index contributed by atoms with van der Waals surface area (Å²) in [5, 5.41) is 3.14. The molecular weight excluding hydrogens is 255 g/mol. The molecule has 2 rings (SSSR count). The molecule has 1 aromatic heterocycles. The van der Waals surface area contributed by atoms with Crippen molar-refractivity contribution in [2.75, 3.05) is 34.2 Å². The zero-order valence-corrected chi connectivity index (χ0v) is 12.5. The summed E-state index contributed by atoms with van der Waals surface area (Å²) in [6.45, 7) is 2.82. The van der Waals surface area contributed by atoms with Crippen molar-refractivity contribution in [2.45, 2.75) is 19.4 Å². The minimum absolute atomic E-state index is 0.226. The SMILES string of the molecule is CNCCc1nc2cc(F)ccc2n1CCCN(C)C. The third kappa shape index (κ3) is 3.55. The molecule has 2 aromatic rings. The molecule has 1 N–H and O–H groups in total. The van der Waals surface area contributed by atoms with Gasteiger partial charge in [0.2, 0.25) is 0 Å². The molecule has 0 unspecified atom stereocenters. The Morgan fingerprint density at radius 1 is 1.35 bits per heavy atom. The highest BCUT2D eigenvalue weighted by Crippen LogP contribution is 2.18. The lowest BCUT2D eigenvalue weighted by atomic mass is 10.3. The van der Waals surface area contributed by atoms with Crippen LogP contribution in [-0.2, 0) is 13.0 Å². The van der Waals surface area contributed by atoms with Gasteiger partial charge in [-0.3, -0.25) is 0 Å². The van der Waals surface area contributed by atoms with Crippen molar-refractivity contribution in [3.05, 3.63) is 29.8 Å². The lowest BCUT2D eigenvalue weighted by Gasteiger charge is -2.12. The van der Waals surface area contributed by atoms with E-state index in [1.807, 2.05) is 13.1 Å². The lowest BCUT2D eigenvalue weighted by molar-refractivity contribution is 0.386. The highest BCUT2D eigenvalue weighted by molar-refractivity contribution is 5.76. The first-order chi connectivity index (χ1) is 9.61. The summed E-state index contributed by atoms with van der Waals surface area (Å²) in [5.74, 6) is 0.800. The highest BCUT2D eigenvalue weighted by atomic mass is 19.1. The fourth-order valence-corrected chi connectivity index (χ4v) is 2.38. The van der Waals surface area contributed by atoms with Crippen molar-refractivity contribution in [1.82, 2.24) is 19.8 Å². The van der Waals surface area contributed by atoms with Gasteiger partial charge in [0.1, 0.15) is 11.6 Å². The molecule has 0 spiro atoms. The van der Waals surface area contributed by atoms with Gasteiger partial charge in [-0.15, -0.1) is 0 Å². The molecule has 0 aliphatic carbocycles. The molecule has 0 aliphatic heterocycles. The maximum atomic E-state index is 13.3. The first-order valence-corrected chi connectivity index (χ1v) is 7.06. The van der Waals surface area contributed by atoms with E-state index in [9.17, 15) is 4.39 Å². The zero-order chi connectivity index (χ0) is 14.5. The van der Waals surface area contributed by atoms with Gasteiger partial charge in [0, 0.05) is 25.6 Å². The van der Waals surface area contributed by atoms with Gasteiger partial charge >= 0.3 is 0 Å². The van der Waals surface area contributed by atoms with Crippen LogP contribution in [0.2, 0.25) is 0 Å². The Kier molecular flexibility index (Phi) is 5.09. The number of fused-ring (bicyclic) bond motifs is 1. The Bertz CT molecular complexity index is 562. The fraction of sp³-hybridized carbons (Fsp3) is 0.533. The second-order valence-electron chi connectivity index (χ2n) is 5.32. The molecule has 0 bridgehead atoms. The van der Waals surface area contributed by atoms with Gasteiger partial charge in [-0.05, 0) is 46.2 Å². The summed E-state index contributed by atoms with van der Waals surface area (Å²) in [4.78, 5) is 6.75. The van der Waals surface area contributed by atoms with Crippen molar-refractivity contribution >= 4 is 11.0 Å². The van der Waals surface area contributed by atoms with Crippen LogP contribution < -0.4 is 5.32 Å². The number of hydrogen-bond donors (Lipinski definition) is 1. The summed E-state index contributed by atoms with van der Waals surface area (Å²) in [5.41, 5.74) is 1.78. The van der Waals surface area contributed by atoms with Crippen LogP contribution in [0.1, 0.15) is 12.2 Å². The summed E-state index contributed by atoms with van der Waals surface area (Å²) in [6, 6.07) is 4.85. The minimum Gasteiger partial charge on any atom is -0.328 e. The molecule has 20 heavy (non-hydrogen) atoms. The van der Waals surface area contributed by atoms with E-state index < -0.39 is 0 Å². The number of likely N-dealkylation sites (N-methyl/N-ethyl adjacent to an activating group) is 1. The van der Waals surface area contributed by atoms with Crippen LogP contribution in [0.15, 0.2) is 18.2 Å². The molecule has 0 fully saturated rings. The fourth-order valence-electron chi connectivity index (χ4n) is 2.38. The van der Waals surface area contributed by atoms with Crippen molar-refractivity contribution in [1.29, 1.82) is 0 Å². The Morgan fingerprint density at radius 3 is 2.85 bits per heavy atom. The second-order valence-corrected chi connectivity index (χ2v) is 5.32. The first-order valence-electron chi connectivity index (χ1n) is 7.06. The molecule has 0 saturated carbocycles. The first kappa shape index (κ1) is 14.9. The van der Waals surface area contributed by atoms with Crippen LogP contribution in [0.4, 0.5) is 4.39 Å². The third-order valence-corrected chi connectivity index (χ3v) is 3.37. The van der Waals surface area contributed by atoms with Crippen LogP contribution in [0, 0.1) is 5.82 Å². The Balaban J connectivity index is 2.26. The lowest BCUT2D eigenvalue weighted by Crippen LogP contribution is -2.17. The Hall–Kier alpha value is -1.46. The monoisotopic (exact) mass is 278 g/mol. The number of benzene rings is 1. The number of nitrogens with one attached hydrogen (secondary N) is 1. The van der Waals surface area contributed by atoms with E-state index in [1.165, 1.54) is 12.1 Å². The predicted octanol–water partition coefficient (Wildman–Crippen LogP) is 1.89. The van der Waals surface area contributed by atoms with E-state index in [4.69, 9.17) is 0 Å². The average Bonchev–Trinajstić information content (AvgIpc) is 2.73. The van der Waals surface area contributed by atoms with Gasteiger partial charge in [-0.25, -0.2) is 9.37 Å². The van der Waals surface area contributed by atoms with Crippen molar-refractivity contribution in [3.8, 4) is 0 Å². The number of rotatable bonds is 7. The third-order valence-electron chi connectivity index (χ3n) is 3.37. The number of nitrogens with zero attached hydrogens (tertiary/aromatic N) is 3. The molecule has 110 valence electrons. The second kappa shape index (κ2) is 6.81. The van der Waals surface area contributed by atoms with Crippen LogP contribution in [0.5, 0.6) is 0 Å². The maximum Gasteiger partial charge on any atom is 0.125 e. The van der Waals surface area contributed by atoms with Crippen LogP contribution in [0.25, 0.3) is 11.0 Å². The summed E-state index contributed by atoms with van der Waals surface area (Å²) in [6.07, 6.45) is 1.91. The minimum atomic E-state index is -0.226. The van der Waals surface area contributed by atoms with E-state index >= 15 is 0 Å². The van der Waals surface area contributed by atoms with E-state index in [0.717, 1.165) is 49.3 Å². The number of hydrogen-bond acceptors (Lipinski definition) is 3. The standard InChI is InChI=1S/C15H23FN4/c1-17-8-7-15-18-13-11-12(16)5-6-14(13)20(15)10-4-9-19(2)3/h5-6,11,17H,4,7-10H2,1-3H3. The molecule has 5 heteroatoms. The van der Waals surface area contributed by atoms with Gasteiger partial charge in [0.25, 0.3) is 0 Å². The molecular formula is C15H23FN4. The van der Waals surface area contributed by atoms with Crippen molar-refractivity contribution in [3.63, 3.8) is 0 Å². The van der Waals surface area contributed by atoms with Crippen LogP contribution >= 0.6 is 0 Å². The number of halogens is 1. The predicted molar refractivity (Wildman–Crippen MR) is 80.5 cm³/mol. The molecule has 1 heterocycles. The normalized spacial score (nSPS) is 11.7. The molecule has 0 aliphatic rings. The average molecular weight is 278 g/mol. The molecule has 4 nitrogen and oxygen atoms in total. The quantitative estimate of drug-likeness (QED) is 0.839. The number of aromatic nitrogens is 2. The van der Waals surface area contributed by atoms with Crippen LogP contribution in [0.3, 0.4) is 0 Å². The van der Waals surface area contributed by atoms with Gasteiger partial charge in [-0.2, -0.15) is 0 Å². The molecule has 1 aromatic carbocycles. The van der Waals surface area contributed by atoms with E-state index in [1.54, 1.807) is 0 Å².